The maximum Gasteiger partial charge on any atom is 0.597 e. The Hall–Kier alpha value is -2.10. The Kier molecular flexibility index (Phi) is 5.80. The van der Waals surface area contributed by atoms with Gasteiger partial charge in [-0.05, 0) is 49.5 Å². The molecule has 26 heavy (non-hydrogen) atoms. The van der Waals surface area contributed by atoms with E-state index in [0.717, 1.165) is 56.3 Å². The molecule has 140 valence electrons. The number of carbonyl (C=O) groups is 1. The van der Waals surface area contributed by atoms with Gasteiger partial charge >= 0.3 is 6.09 Å². The van der Waals surface area contributed by atoms with Crippen molar-refractivity contribution >= 4 is 23.6 Å². The Morgan fingerprint density at radius 2 is 1.81 bits per heavy atom. The monoisotopic (exact) mass is 355 g/mol. The van der Waals surface area contributed by atoms with Gasteiger partial charge in [-0.1, -0.05) is 31.9 Å². The lowest BCUT2D eigenvalue weighted by atomic mass is 9.81. The van der Waals surface area contributed by atoms with Crippen LogP contribution in [-0.2, 0) is 4.74 Å². The van der Waals surface area contributed by atoms with Crippen LogP contribution in [0.25, 0.3) is 6.08 Å². The van der Waals surface area contributed by atoms with Gasteiger partial charge in [0.05, 0.1) is 0 Å². The Bertz CT molecular complexity index is 695. The number of hydrogen-bond acceptors (Lipinski definition) is 3. The highest BCUT2D eigenvalue weighted by Crippen LogP contribution is 2.37. The van der Waals surface area contributed by atoms with Crippen LogP contribution in [0.2, 0.25) is 0 Å². The summed E-state index contributed by atoms with van der Waals surface area (Å²) in [5.41, 5.74) is 2.99. The van der Waals surface area contributed by atoms with E-state index in [-0.39, 0.29) is 6.09 Å². The fraction of sp³-hybridized carbons (Fsp3) is 0.545. The minimum Gasteiger partial charge on any atom is -0.394 e. The number of rotatable bonds is 6. The normalized spacial score (nSPS) is 19.4. The van der Waals surface area contributed by atoms with Gasteiger partial charge in [0.15, 0.2) is 6.54 Å². The van der Waals surface area contributed by atoms with Crippen LogP contribution >= 0.6 is 0 Å². The molecule has 2 aliphatic rings. The van der Waals surface area contributed by atoms with Crippen LogP contribution in [0.1, 0.15) is 57.4 Å². The van der Waals surface area contributed by atoms with Gasteiger partial charge in [-0.2, -0.15) is 4.79 Å². The highest BCUT2D eigenvalue weighted by Gasteiger charge is 2.53. The number of amides is 1. The number of nitrogens with zero attached hydrogens (tertiary/aromatic N) is 2. The van der Waals surface area contributed by atoms with Crippen molar-refractivity contribution in [3.63, 3.8) is 0 Å². The lowest BCUT2D eigenvalue weighted by Crippen LogP contribution is -2.40. The zero-order valence-electron chi connectivity index (χ0n) is 16.3. The summed E-state index contributed by atoms with van der Waals surface area (Å²) < 4.78 is 7.82. The Morgan fingerprint density at radius 3 is 2.42 bits per heavy atom. The highest BCUT2D eigenvalue weighted by molar-refractivity contribution is 6.05. The minimum atomic E-state index is -0.400. The lowest BCUT2D eigenvalue weighted by Gasteiger charge is -2.28. The first-order valence-electron chi connectivity index (χ1n) is 9.89. The molecule has 1 aromatic carbocycles. The van der Waals surface area contributed by atoms with E-state index in [9.17, 15) is 4.79 Å². The predicted molar refractivity (Wildman–Crippen MR) is 107 cm³/mol. The zero-order valence-corrected chi connectivity index (χ0v) is 16.3. The number of benzene rings is 1. The molecule has 1 fully saturated rings. The summed E-state index contributed by atoms with van der Waals surface area (Å²) >= 11 is 0. The molecule has 0 bridgehead atoms. The summed E-state index contributed by atoms with van der Waals surface area (Å²) in [5, 5.41) is 0. The van der Waals surface area contributed by atoms with E-state index in [1.807, 2.05) is 18.7 Å². The van der Waals surface area contributed by atoms with Gasteiger partial charge in [0, 0.05) is 32.3 Å². The maximum absolute atomic E-state index is 12.5. The Balaban J connectivity index is 1.90. The summed E-state index contributed by atoms with van der Waals surface area (Å²) in [6.07, 6.45) is 11.5. The average Bonchev–Trinajstić information content (AvgIpc) is 2.89. The number of hydrogen-bond donors (Lipinski definition) is 0. The zero-order chi connectivity index (χ0) is 18.6. The van der Waals surface area contributed by atoms with Crippen LogP contribution in [0.4, 0.5) is 10.5 Å². The van der Waals surface area contributed by atoms with Crippen molar-refractivity contribution in [1.82, 2.24) is 0 Å². The van der Waals surface area contributed by atoms with E-state index in [2.05, 4.69) is 48.2 Å². The topological polar surface area (TPSA) is 32.5 Å². The van der Waals surface area contributed by atoms with Crippen LogP contribution in [-0.4, -0.2) is 42.6 Å². The van der Waals surface area contributed by atoms with Crippen molar-refractivity contribution in [1.29, 1.82) is 0 Å². The van der Waals surface area contributed by atoms with E-state index < -0.39 is 5.60 Å². The molecule has 0 atom stereocenters. The van der Waals surface area contributed by atoms with Gasteiger partial charge < -0.3 is 9.64 Å². The van der Waals surface area contributed by atoms with Gasteiger partial charge in [0.1, 0.15) is 0 Å². The van der Waals surface area contributed by atoms with E-state index in [0.29, 0.717) is 0 Å². The Labute approximate surface area is 157 Å². The molecule has 1 amide bonds. The van der Waals surface area contributed by atoms with Crippen LogP contribution in [0, 0.1) is 0 Å². The Morgan fingerprint density at radius 1 is 1.12 bits per heavy atom. The van der Waals surface area contributed by atoms with Crippen molar-refractivity contribution in [2.24, 2.45) is 0 Å². The van der Waals surface area contributed by atoms with Gasteiger partial charge in [-0.3, -0.25) is 0 Å². The number of ether oxygens (including phenoxy) is 1. The van der Waals surface area contributed by atoms with E-state index in [1.165, 1.54) is 12.1 Å². The molecule has 1 aromatic rings. The van der Waals surface area contributed by atoms with Gasteiger partial charge in [0.25, 0.3) is 0 Å². The second-order valence-electron chi connectivity index (χ2n) is 7.63. The standard InChI is InChI=1S/C22H31N2O2/c1-4-5-17-24-20(22(26-21(24)25)15-7-6-8-16-22)14-11-18-9-12-19(13-10-18)23(2)3/h9-14H,4-8,15-17H2,1-3H3/q+1. The summed E-state index contributed by atoms with van der Waals surface area (Å²) in [6, 6.07) is 8.47. The molecule has 3 rings (SSSR count). The van der Waals surface area contributed by atoms with Crippen LogP contribution < -0.4 is 4.90 Å². The van der Waals surface area contributed by atoms with Crippen molar-refractivity contribution in [3.8, 4) is 0 Å². The van der Waals surface area contributed by atoms with E-state index in [4.69, 9.17) is 4.74 Å². The first-order chi connectivity index (χ1) is 12.6. The second kappa shape index (κ2) is 8.07. The largest absolute Gasteiger partial charge is 0.597 e. The van der Waals surface area contributed by atoms with Gasteiger partial charge in [-0.25, -0.2) is 0 Å². The quantitative estimate of drug-likeness (QED) is 0.682. The SMILES string of the molecule is CCCC[N+]1=C(C=Cc2ccc(N(C)C)cc2)C2(CCCCC2)OC1=O. The molecule has 1 spiro atoms. The van der Waals surface area contributed by atoms with Crippen molar-refractivity contribution in [2.75, 3.05) is 25.5 Å². The number of anilines is 1. The molecule has 0 unspecified atom stereocenters. The molecule has 0 radical (unpaired) electrons. The summed E-state index contributed by atoms with van der Waals surface area (Å²) in [6.45, 7) is 2.90. The van der Waals surface area contributed by atoms with Crippen LogP contribution in [0.5, 0.6) is 0 Å². The molecular weight excluding hydrogens is 324 g/mol. The average molecular weight is 356 g/mol. The maximum atomic E-state index is 12.5. The number of carbonyl (C=O) groups excluding carboxylic acids is 1. The molecule has 4 nitrogen and oxygen atoms in total. The third-order valence-electron chi connectivity index (χ3n) is 5.50. The molecule has 4 heteroatoms. The van der Waals surface area contributed by atoms with E-state index in [1.54, 1.807) is 0 Å². The summed E-state index contributed by atoms with van der Waals surface area (Å²) in [5.74, 6) is 0. The third kappa shape index (κ3) is 3.84. The van der Waals surface area contributed by atoms with Crippen molar-refractivity contribution in [3.05, 3.63) is 35.9 Å². The third-order valence-corrected chi connectivity index (χ3v) is 5.50. The van der Waals surface area contributed by atoms with Crippen molar-refractivity contribution in [2.45, 2.75) is 57.5 Å². The molecule has 1 heterocycles. The highest BCUT2D eigenvalue weighted by atomic mass is 16.6. The van der Waals surface area contributed by atoms with Crippen molar-refractivity contribution < 1.29 is 14.1 Å². The smallest absolute Gasteiger partial charge is 0.394 e. The summed E-state index contributed by atoms with van der Waals surface area (Å²) in [4.78, 5) is 14.6. The minimum absolute atomic E-state index is 0.164. The molecular formula is C22H31N2O2+. The first kappa shape index (κ1) is 18.7. The molecule has 0 N–H and O–H groups in total. The first-order valence-corrected chi connectivity index (χ1v) is 9.89. The molecule has 1 aliphatic heterocycles. The molecule has 1 aliphatic carbocycles. The van der Waals surface area contributed by atoms with Gasteiger partial charge in [-0.15, -0.1) is 4.58 Å². The fourth-order valence-corrected chi connectivity index (χ4v) is 3.93. The molecule has 1 saturated carbocycles. The summed E-state index contributed by atoms with van der Waals surface area (Å²) in [7, 11) is 4.08. The molecule has 0 aromatic heterocycles. The fourth-order valence-electron chi connectivity index (χ4n) is 3.93. The predicted octanol–water partition coefficient (Wildman–Crippen LogP) is 4.87. The van der Waals surface area contributed by atoms with E-state index >= 15 is 0 Å². The van der Waals surface area contributed by atoms with Crippen LogP contribution in [0.3, 0.4) is 0 Å². The second-order valence-corrected chi connectivity index (χ2v) is 7.63. The molecule has 0 saturated heterocycles. The van der Waals surface area contributed by atoms with Crippen LogP contribution in [0.15, 0.2) is 30.3 Å². The van der Waals surface area contributed by atoms with Gasteiger partial charge in [0.2, 0.25) is 11.3 Å². The lowest BCUT2D eigenvalue weighted by molar-refractivity contribution is -0.433. The number of unbranched alkanes of at least 4 members (excludes halogenated alkanes) is 1.